The number of nitrogen functional groups attached to an aromatic ring is 1. The maximum absolute atomic E-state index is 9.06. The number of nitrogens with one attached hydrogen (secondary N) is 1. The Morgan fingerprint density at radius 1 is 1.44 bits per heavy atom. The van der Waals surface area contributed by atoms with Crippen molar-refractivity contribution in [1.82, 2.24) is 9.78 Å². The highest BCUT2D eigenvalue weighted by atomic mass is 16.5. The normalized spacial score (nSPS) is 9.83. The number of aromatic nitrogens is 2. The molecule has 1 aromatic heterocycles. The largest absolute Gasteiger partial charge is 0.494 e. The van der Waals surface area contributed by atoms with E-state index in [0.29, 0.717) is 22.8 Å². The number of hydrogen-bond acceptors (Lipinski definition) is 5. The van der Waals surface area contributed by atoms with E-state index in [1.807, 2.05) is 30.3 Å². The van der Waals surface area contributed by atoms with Gasteiger partial charge in [0.15, 0.2) is 5.82 Å². The van der Waals surface area contributed by atoms with Crippen LogP contribution in [0.4, 0.5) is 11.6 Å². The number of rotatable bonds is 3. The number of nitrogens with two attached hydrogens (primary N) is 1. The Kier molecular flexibility index (Phi) is 3.06. The monoisotopic (exact) mass is 243 g/mol. The van der Waals surface area contributed by atoms with Crippen molar-refractivity contribution in [2.24, 2.45) is 0 Å². The molecule has 1 heterocycles. The molecule has 0 amide bonds. The van der Waals surface area contributed by atoms with Crippen molar-refractivity contribution in [3.63, 3.8) is 0 Å². The lowest BCUT2D eigenvalue weighted by molar-refractivity contribution is 0.412. The molecule has 1 aromatic carbocycles. The summed E-state index contributed by atoms with van der Waals surface area (Å²) in [6.45, 7) is 0. The molecule has 6 heteroatoms. The average molecular weight is 243 g/mol. The zero-order valence-corrected chi connectivity index (χ0v) is 10.1. The topological polar surface area (TPSA) is 88.9 Å². The number of hydrogen-bond donors (Lipinski definition) is 2. The molecule has 3 N–H and O–H groups in total. The van der Waals surface area contributed by atoms with E-state index < -0.39 is 0 Å². The first kappa shape index (κ1) is 11.8. The molecule has 0 saturated heterocycles. The van der Waals surface area contributed by atoms with Crippen LogP contribution in [0.1, 0.15) is 5.56 Å². The van der Waals surface area contributed by atoms with Gasteiger partial charge >= 0.3 is 0 Å². The van der Waals surface area contributed by atoms with Crippen molar-refractivity contribution in [2.45, 2.75) is 0 Å². The first-order valence-corrected chi connectivity index (χ1v) is 5.32. The van der Waals surface area contributed by atoms with Crippen molar-refractivity contribution < 1.29 is 4.74 Å². The van der Waals surface area contributed by atoms with Gasteiger partial charge in [0.1, 0.15) is 28.9 Å². The van der Waals surface area contributed by atoms with Crippen molar-refractivity contribution in [3.05, 3.63) is 29.8 Å². The highest BCUT2D eigenvalue weighted by Gasteiger charge is 2.17. The Morgan fingerprint density at radius 2 is 2.17 bits per heavy atom. The average Bonchev–Trinajstić information content (AvgIpc) is 2.74. The Balaban J connectivity index is 2.65. The Hall–Kier alpha value is -2.68. The van der Waals surface area contributed by atoms with Crippen LogP contribution in [0.15, 0.2) is 24.3 Å². The van der Waals surface area contributed by atoms with E-state index in [1.54, 1.807) is 14.2 Å². The van der Waals surface area contributed by atoms with Crippen LogP contribution in [0.25, 0.3) is 5.69 Å². The van der Waals surface area contributed by atoms with Crippen molar-refractivity contribution >= 4 is 11.6 Å². The number of nitrogens with zero attached hydrogens (tertiary/aromatic N) is 3. The second-order valence-electron chi connectivity index (χ2n) is 3.55. The van der Waals surface area contributed by atoms with Crippen LogP contribution in [0.2, 0.25) is 0 Å². The minimum absolute atomic E-state index is 0.284. The van der Waals surface area contributed by atoms with Crippen LogP contribution >= 0.6 is 0 Å². The molecule has 18 heavy (non-hydrogen) atoms. The third kappa shape index (κ3) is 1.72. The number of methoxy groups -OCH3 is 1. The van der Waals surface area contributed by atoms with Gasteiger partial charge in [-0.2, -0.15) is 5.26 Å². The molecule has 0 aliphatic heterocycles. The minimum Gasteiger partial charge on any atom is -0.494 e. The van der Waals surface area contributed by atoms with E-state index in [9.17, 15) is 0 Å². The molecule has 2 rings (SSSR count). The zero-order valence-electron chi connectivity index (χ0n) is 10.1. The molecule has 0 aliphatic carbocycles. The predicted octanol–water partition coefficient (Wildman–Crippen LogP) is 1.38. The molecule has 0 atom stereocenters. The first-order valence-electron chi connectivity index (χ1n) is 5.32. The fourth-order valence-electron chi connectivity index (χ4n) is 1.70. The lowest BCUT2D eigenvalue weighted by atomic mass is 10.3. The summed E-state index contributed by atoms with van der Waals surface area (Å²) in [6, 6.07) is 9.36. The van der Waals surface area contributed by atoms with Gasteiger partial charge in [0.25, 0.3) is 0 Å². The second-order valence-corrected chi connectivity index (χ2v) is 3.55. The summed E-state index contributed by atoms with van der Waals surface area (Å²) in [7, 11) is 3.26. The first-order chi connectivity index (χ1) is 8.72. The van der Waals surface area contributed by atoms with Crippen molar-refractivity contribution in [2.75, 3.05) is 25.2 Å². The summed E-state index contributed by atoms with van der Waals surface area (Å²) in [6.07, 6.45) is 0. The van der Waals surface area contributed by atoms with E-state index in [4.69, 9.17) is 15.7 Å². The fourth-order valence-corrected chi connectivity index (χ4v) is 1.70. The minimum atomic E-state index is 0.284. The quantitative estimate of drug-likeness (QED) is 0.850. The summed E-state index contributed by atoms with van der Waals surface area (Å²) in [5.41, 5.74) is 6.94. The number of anilines is 2. The molecular formula is C12H13N5O. The molecule has 0 bridgehead atoms. The molecule has 0 radical (unpaired) electrons. The van der Waals surface area contributed by atoms with Crippen LogP contribution in [-0.4, -0.2) is 23.9 Å². The molecule has 0 fully saturated rings. The number of nitriles is 1. The van der Waals surface area contributed by atoms with Crippen LogP contribution < -0.4 is 15.8 Å². The van der Waals surface area contributed by atoms with Gasteiger partial charge in [-0.1, -0.05) is 12.1 Å². The maximum atomic E-state index is 9.06. The predicted molar refractivity (Wildman–Crippen MR) is 68.8 cm³/mol. The smallest absolute Gasteiger partial charge is 0.168 e. The SMILES string of the molecule is CNc1nn(-c2ccccc2OC)c(N)c1C#N. The van der Waals surface area contributed by atoms with Crippen molar-refractivity contribution in [1.29, 1.82) is 5.26 Å². The van der Waals surface area contributed by atoms with Gasteiger partial charge in [-0.05, 0) is 12.1 Å². The van der Waals surface area contributed by atoms with Crippen LogP contribution in [0.5, 0.6) is 5.75 Å². The third-order valence-corrected chi connectivity index (χ3v) is 2.58. The summed E-state index contributed by atoms with van der Waals surface area (Å²) in [5.74, 6) is 1.37. The molecule has 0 aliphatic rings. The van der Waals surface area contributed by atoms with Gasteiger partial charge in [0, 0.05) is 7.05 Å². The standard InChI is InChI=1S/C12H13N5O/c1-15-12-8(7-13)11(14)17(16-12)9-5-3-4-6-10(9)18-2/h3-6H,14H2,1-2H3,(H,15,16). The highest BCUT2D eigenvalue weighted by Crippen LogP contribution is 2.28. The lowest BCUT2D eigenvalue weighted by Crippen LogP contribution is -2.04. The second kappa shape index (κ2) is 4.67. The Labute approximate surface area is 105 Å². The summed E-state index contributed by atoms with van der Waals surface area (Å²) < 4.78 is 6.74. The molecule has 0 spiro atoms. The number of ether oxygens (including phenoxy) is 1. The fraction of sp³-hybridized carbons (Fsp3) is 0.167. The number of para-hydroxylation sites is 2. The van der Waals surface area contributed by atoms with E-state index in [1.165, 1.54) is 4.68 Å². The van der Waals surface area contributed by atoms with E-state index >= 15 is 0 Å². The Morgan fingerprint density at radius 3 is 2.72 bits per heavy atom. The molecule has 92 valence electrons. The zero-order chi connectivity index (χ0) is 13.1. The van der Waals surface area contributed by atoms with Gasteiger partial charge in [0.05, 0.1) is 7.11 Å². The molecular weight excluding hydrogens is 230 g/mol. The Bertz CT molecular complexity index is 611. The molecule has 6 nitrogen and oxygen atoms in total. The van der Waals surface area contributed by atoms with E-state index in [0.717, 1.165) is 0 Å². The van der Waals surface area contributed by atoms with Crippen LogP contribution in [0.3, 0.4) is 0 Å². The van der Waals surface area contributed by atoms with Gasteiger partial charge < -0.3 is 15.8 Å². The summed E-state index contributed by atoms with van der Waals surface area (Å²) >= 11 is 0. The summed E-state index contributed by atoms with van der Waals surface area (Å²) in [5, 5.41) is 16.2. The summed E-state index contributed by atoms with van der Waals surface area (Å²) in [4.78, 5) is 0. The van der Waals surface area contributed by atoms with Gasteiger partial charge in [-0.25, -0.2) is 4.68 Å². The van der Waals surface area contributed by atoms with E-state index in [2.05, 4.69) is 10.4 Å². The van der Waals surface area contributed by atoms with Crippen molar-refractivity contribution in [3.8, 4) is 17.5 Å². The molecule has 2 aromatic rings. The number of benzene rings is 1. The highest BCUT2D eigenvalue weighted by molar-refractivity contribution is 5.67. The third-order valence-electron chi connectivity index (χ3n) is 2.58. The van der Waals surface area contributed by atoms with Crippen LogP contribution in [-0.2, 0) is 0 Å². The van der Waals surface area contributed by atoms with Crippen LogP contribution in [0, 0.1) is 11.3 Å². The molecule has 0 unspecified atom stereocenters. The van der Waals surface area contributed by atoms with Gasteiger partial charge in [-0.15, -0.1) is 5.10 Å². The van der Waals surface area contributed by atoms with Gasteiger partial charge in [-0.3, -0.25) is 0 Å². The van der Waals surface area contributed by atoms with E-state index in [-0.39, 0.29) is 5.82 Å². The molecule has 0 saturated carbocycles. The maximum Gasteiger partial charge on any atom is 0.168 e. The van der Waals surface area contributed by atoms with Gasteiger partial charge in [0.2, 0.25) is 0 Å². The lowest BCUT2D eigenvalue weighted by Gasteiger charge is -2.08.